The molecular weight excluding hydrogens is 476 g/mol. The number of halogens is 1. The molecule has 3 aromatic rings. The Morgan fingerprint density at radius 1 is 0.781 bits per heavy atom. The number of hydrogen-bond acceptors (Lipinski definition) is 5. The molecule has 0 aromatic carbocycles. The molecule has 0 atom stereocenters. The molecule has 2 amide bonds. The van der Waals surface area contributed by atoms with Crippen LogP contribution in [0.5, 0.6) is 0 Å². The standard InChI is InChI=1S/C21H19N7O2.ClH.Ni/c1-14(25-27-20(29)16-6-4-10-22-12-16)18-8-3-9-19(24-18)15(2)26-28-21(30)17-7-5-11-23-13-17;;/h3-13H,1-2H3,(H2,24,27,28,29,30);1H;/q;;+1/p-1. The van der Waals surface area contributed by atoms with E-state index in [4.69, 9.17) is 0 Å². The number of amides is 2. The molecule has 3 aromatic heterocycles. The molecule has 0 fully saturated rings. The van der Waals surface area contributed by atoms with Gasteiger partial charge in [0.25, 0.3) is 11.8 Å². The summed E-state index contributed by atoms with van der Waals surface area (Å²) >= 11 is 3.35. The average molecular weight is 496 g/mol. The zero-order valence-electron chi connectivity index (χ0n) is 17.1. The van der Waals surface area contributed by atoms with Gasteiger partial charge in [-0.3, -0.25) is 19.6 Å². The summed E-state index contributed by atoms with van der Waals surface area (Å²) in [4.78, 5) is 32.3. The number of pyridine rings is 3. The Morgan fingerprint density at radius 2 is 1.22 bits per heavy atom. The van der Waals surface area contributed by atoms with Crippen LogP contribution in [0.3, 0.4) is 0 Å². The third kappa shape index (κ3) is 7.33. The molecular formula is C21H19ClN7NiO2. The van der Waals surface area contributed by atoms with Crippen LogP contribution in [0.4, 0.5) is 0 Å². The third-order valence-electron chi connectivity index (χ3n) is 3.92. The van der Waals surface area contributed by atoms with Crippen LogP contribution in [-0.2, 0) is 14.6 Å². The van der Waals surface area contributed by atoms with Crippen molar-refractivity contribution in [3.8, 4) is 0 Å². The zero-order chi connectivity index (χ0) is 23.3. The summed E-state index contributed by atoms with van der Waals surface area (Å²) in [6.45, 7) is 3.45. The van der Waals surface area contributed by atoms with E-state index in [1.807, 2.05) is 0 Å². The normalized spacial score (nSPS) is 11.2. The van der Waals surface area contributed by atoms with Crippen molar-refractivity contribution in [1.82, 2.24) is 15.0 Å². The topological polar surface area (TPSA) is 134 Å². The van der Waals surface area contributed by atoms with Gasteiger partial charge in [0, 0.05) is 36.2 Å². The fraction of sp³-hybridized carbons (Fsp3) is 0.0952. The summed E-state index contributed by atoms with van der Waals surface area (Å²) in [6.07, 6.45) is 6.18. The van der Waals surface area contributed by atoms with Crippen LogP contribution in [-0.4, -0.2) is 47.8 Å². The van der Waals surface area contributed by atoms with Gasteiger partial charge in [0.1, 0.15) is 0 Å². The van der Waals surface area contributed by atoms with Crippen molar-refractivity contribution in [2.75, 3.05) is 0 Å². The Labute approximate surface area is 197 Å². The Balaban J connectivity index is 0.00000176. The van der Waals surface area contributed by atoms with Crippen LogP contribution in [0, 0.1) is 0 Å². The molecule has 0 aliphatic carbocycles. The van der Waals surface area contributed by atoms with E-state index in [2.05, 4.69) is 60.8 Å². The first-order chi connectivity index (χ1) is 15.5. The summed E-state index contributed by atoms with van der Waals surface area (Å²) < 4.78 is 0. The Hall–Kier alpha value is -3.49. The van der Waals surface area contributed by atoms with E-state index in [0.717, 1.165) is 0 Å². The van der Waals surface area contributed by atoms with Crippen LogP contribution in [0.1, 0.15) is 36.4 Å². The summed E-state index contributed by atoms with van der Waals surface area (Å²) in [5.74, 6) is -0.479. The minimum absolute atomic E-state index is 0.239. The van der Waals surface area contributed by atoms with Crippen LogP contribution in [0.25, 0.3) is 10.9 Å². The van der Waals surface area contributed by atoms with Crippen molar-refractivity contribution in [1.29, 1.82) is 0 Å². The number of hydrogen-bond donors (Lipinski definition) is 0. The second kappa shape index (κ2) is 13.0. The fourth-order valence-electron chi connectivity index (χ4n) is 2.29. The monoisotopic (exact) mass is 494 g/mol. The first-order valence-corrected chi connectivity index (χ1v) is 10.4. The number of carbonyl (C=O) groups excluding carboxylic acids is 2. The predicted molar refractivity (Wildman–Crippen MR) is 122 cm³/mol. The van der Waals surface area contributed by atoms with Crippen LogP contribution < -0.4 is 0 Å². The Kier molecular flexibility index (Phi) is 10.1. The van der Waals surface area contributed by atoms with Crippen molar-refractivity contribution < 1.29 is 24.2 Å². The Morgan fingerprint density at radius 3 is 1.59 bits per heavy atom. The molecule has 0 aliphatic heterocycles. The van der Waals surface area contributed by atoms with Gasteiger partial charge in [-0.2, -0.15) is 0 Å². The molecule has 3 heterocycles. The van der Waals surface area contributed by atoms with E-state index in [9.17, 15) is 9.59 Å². The van der Waals surface area contributed by atoms with E-state index in [1.165, 1.54) is 12.4 Å². The van der Waals surface area contributed by atoms with E-state index in [0.29, 0.717) is 33.9 Å². The average Bonchev–Trinajstić information content (AvgIpc) is 2.87. The third-order valence-corrected chi connectivity index (χ3v) is 3.92. The summed E-state index contributed by atoms with van der Waals surface area (Å²) in [7, 11) is 4.26. The van der Waals surface area contributed by atoms with Gasteiger partial charge in [-0.15, -0.1) is 0 Å². The summed E-state index contributed by atoms with van der Waals surface area (Å²) in [5.41, 5.74) is 10.7. The first kappa shape index (κ1) is 24.8. The maximum atomic E-state index is 10.00. The van der Waals surface area contributed by atoms with Gasteiger partial charge in [0.2, 0.25) is 0 Å². The molecule has 3 rings (SSSR count). The first-order valence-electron chi connectivity index (χ1n) is 9.07. The van der Waals surface area contributed by atoms with Crippen LogP contribution in [0.2, 0.25) is 0 Å². The molecule has 167 valence electrons. The SMILES string of the molecule is CC(=N[N-]C(=[OH+])c1cccnc1)c1cccc(C(C)=N[N-]C(=[OH+])c2cccnc2)n1.[Cl][Ni]. The second-order valence-corrected chi connectivity index (χ2v) is 6.11. The number of aromatic nitrogens is 3. The van der Waals surface area contributed by atoms with Gasteiger partial charge in [0.15, 0.2) is 0 Å². The molecule has 0 spiro atoms. The molecule has 9 nitrogen and oxygen atoms in total. The molecule has 0 bridgehead atoms. The van der Waals surface area contributed by atoms with Crippen molar-refractivity contribution >= 4 is 33.4 Å². The van der Waals surface area contributed by atoms with E-state index in [-0.39, 0.29) is 11.8 Å². The van der Waals surface area contributed by atoms with Crippen molar-refractivity contribution in [3.63, 3.8) is 0 Å². The van der Waals surface area contributed by atoms with Crippen molar-refractivity contribution in [2.24, 2.45) is 10.2 Å². The van der Waals surface area contributed by atoms with Gasteiger partial charge in [0.05, 0.1) is 22.5 Å². The van der Waals surface area contributed by atoms with Crippen molar-refractivity contribution in [2.45, 2.75) is 13.8 Å². The molecule has 0 saturated heterocycles. The molecule has 0 aliphatic rings. The molecule has 0 radical (unpaired) electrons. The van der Waals surface area contributed by atoms with Crippen LogP contribution >= 0.6 is 10.2 Å². The summed E-state index contributed by atoms with van der Waals surface area (Å²) in [5, 5.41) is 8.07. The van der Waals surface area contributed by atoms with Crippen LogP contribution in [0.15, 0.2) is 77.5 Å². The predicted octanol–water partition coefficient (Wildman–Crippen LogP) is 3.86. The van der Waals surface area contributed by atoms with Crippen molar-refractivity contribution in [3.05, 3.63) is 101 Å². The van der Waals surface area contributed by atoms with E-state index in [1.54, 1.807) is 68.7 Å². The molecule has 32 heavy (non-hydrogen) atoms. The minimum atomic E-state index is -0.239. The maximum absolute atomic E-state index is 10.00. The van der Waals surface area contributed by atoms with E-state index >= 15 is 0 Å². The zero-order valence-corrected chi connectivity index (χ0v) is 18.8. The Bertz CT molecular complexity index is 1020. The quantitative estimate of drug-likeness (QED) is 0.222. The van der Waals surface area contributed by atoms with E-state index < -0.39 is 0 Å². The molecule has 0 unspecified atom stereocenters. The molecule has 2 N–H and O–H groups in total. The molecule has 11 heteroatoms. The van der Waals surface area contributed by atoms with Gasteiger partial charge < -0.3 is 21.1 Å². The van der Waals surface area contributed by atoms with Gasteiger partial charge in [-0.05, 0) is 50.2 Å². The van der Waals surface area contributed by atoms with Gasteiger partial charge in [-0.25, -0.2) is 4.98 Å². The second-order valence-electron chi connectivity index (χ2n) is 6.11. The summed E-state index contributed by atoms with van der Waals surface area (Å²) in [6, 6.07) is 12.1. The number of rotatable bonds is 6. The fourth-order valence-corrected chi connectivity index (χ4v) is 2.29. The van der Waals surface area contributed by atoms with Gasteiger partial charge >= 0.3 is 24.8 Å². The van der Waals surface area contributed by atoms with Gasteiger partial charge in [-0.1, -0.05) is 6.07 Å². The molecule has 0 saturated carbocycles. The number of nitrogens with zero attached hydrogens (tertiary/aromatic N) is 7.